The molecule has 0 saturated heterocycles. The summed E-state index contributed by atoms with van der Waals surface area (Å²) < 4.78 is 5.75. The van der Waals surface area contributed by atoms with Crippen molar-refractivity contribution in [2.24, 2.45) is 0 Å². The number of benzene rings is 2. The number of ether oxygens (including phenoxy) is 1. The van der Waals surface area contributed by atoms with Crippen molar-refractivity contribution < 1.29 is 19.7 Å². The van der Waals surface area contributed by atoms with E-state index in [-0.39, 0.29) is 18.0 Å². The number of fused-ring (bicyclic) bond motifs is 8. The van der Waals surface area contributed by atoms with E-state index in [0.717, 1.165) is 11.1 Å². The number of aliphatic hydroxyl groups excluding tert-OH is 1. The molecule has 4 bridgehead atoms. The maximum absolute atomic E-state index is 11.9. The lowest BCUT2D eigenvalue weighted by atomic mass is 10.00. The molecule has 4 nitrogen and oxygen atoms in total. The highest BCUT2D eigenvalue weighted by Crippen LogP contribution is 2.32. The van der Waals surface area contributed by atoms with Crippen molar-refractivity contribution in [1.29, 1.82) is 0 Å². The number of carbonyl (C=O) groups excluding carboxylic acids is 1. The number of phenols is 1. The number of phenolic OH excluding ortho intramolecular Hbond substituents is 1. The zero-order chi connectivity index (χ0) is 16.2. The van der Waals surface area contributed by atoms with E-state index in [4.69, 9.17) is 4.74 Å². The molecule has 2 aliphatic rings. The van der Waals surface area contributed by atoms with Gasteiger partial charge in [0.25, 0.3) is 0 Å². The van der Waals surface area contributed by atoms with Gasteiger partial charge in [0.2, 0.25) is 0 Å². The highest BCUT2D eigenvalue weighted by Gasteiger charge is 2.13. The van der Waals surface area contributed by atoms with Crippen LogP contribution in [0.25, 0.3) is 0 Å². The van der Waals surface area contributed by atoms with Crippen LogP contribution in [0.4, 0.5) is 0 Å². The predicted molar refractivity (Wildman–Crippen MR) is 86.9 cm³/mol. The Morgan fingerprint density at radius 2 is 1.70 bits per heavy atom. The second-order valence-corrected chi connectivity index (χ2v) is 5.98. The summed E-state index contributed by atoms with van der Waals surface area (Å²) in [5.41, 5.74) is 2.00. The largest absolute Gasteiger partial charge is 0.504 e. The quantitative estimate of drug-likeness (QED) is 0.782. The topological polar surface area (TPSA) is 66.8 Å². The summed E-state index contributed by atoms with van der Waals surface area (Å²) in [5, 5.41) is 20.0. The van der Waals surface area contributed by atoms with E-state index in [1.807, 2.05) is 24.3 Å². The number of aliphatic hydroxyl groups is 1. The molecule has 0 aliphatic carbocycles. The van der Waals surface area contributed by atoms with E-state index in [1.54, 1.807) is 18.2 Å². The minimum atomic E-state index is -0.632. The van der Waals surface area contributed by atoms with Gasteiger partial charge in [0.15, 0.2) is 11.5 Å². The van der Waals surface area contributed by atoms with Gasteiger partial charge in [0.05, 0.1) is 6.10 Å². The lowest BCUT2D eigenvalue weighted by Crippen LogP contribution is -2.14. The third-order valence-electron chi connectivity index (χ3n) is 4.10. The van der Waals surface area contributed by atoms with Crippen LogP contribution in [0.5, 0.6) is 17.2 Å². The lowest BCUT2D eigenvalue weighted by molar-refractivity contribution is -0.120. The molecule has 0 aromatic heterocycles. The maximum atomic E-state index is 11.9. The first-order chi connectivity index (χ1) is 11.1. The monoisotopic (exact) mass is 312 g/mol. The van der Waals surface area contributed by atoms with Gasteiger partial charge in [-0.2, -0.15) is 0 Å². The summed E-state index contributed by atoms with van der Waals surface area (Å²) in [6.07, 6.45) is 1.80. The van der Waals surface area contributed by atoms with Gasteiger partial charge in [-0.3, -0.25) is 4.79 Å². The zero-order valence-corrected chi connectivity index (χ0v) is 12.9. The Bertz CT molecular complexity index is 691. The zero-order valence-electron chi connectivity index (χ0n) is 12.9. The molecule has 4 heteroatoms. The van der Waals surface area contributed by atoms with Crippen molar-refractivity contribution in [3.8, 4) is 17.2 Å². The van der Waals surface area contributed by atoms with Crippen LogP contribution < -0.4 is 4.74 Å². The lowest BCUT2D eigenvalue weighted by Gasteiger charge is -2.11. The maximum Gasteiger partial charge on any atom is 0.169 e. The Morgan fingerprint density at radius 1 is 0.957 bits per heavy atom. The van der Waals surface area contributed by atoms with E-state index < -0.39 is 6.10 Å². The van der Waals surface area contributed by atoms with E-state index in [9.17, 15) is 15.0 Å². The Hall–Kier alpha value is -2.33. The van der Waals surface area contributed by atoms with Gasteiger partial charge in [-0.1, -0.05) is 18.2 Å². The molecule has 0 unspecified atom stereocenters. The molecule has 0 fully saturated rings. The van der Waals surface area contributed by atoms with Crippen molar-refractivity contribution in [3.05, 3.63) is 53.6 Å². The molecule has 2 heterocycles. The third-order valence-corrected chi connectivity index (χ3v) is 4.10. The number of aromatic hydroxyl groups is 1. The predicted octanol–water partition coefficient (Wildman–Crippen LogP) is 3.38. The first kappa shape index (κ1) is 15.6. The van der Waals surface area contributed by atoms with E-state index >= 15 is 0 Å². The summed E-state index contributed by atoms with van der Waals surface area (Å²) in [4.78, 5) is 11.9. The van der Waals surface area contributed by atoms with Crippen LogP contribution in [-0.2, 0) is 17.6 Å². The van der Waals surface area contributed by atoms with Crippen LogP contribution in [0, 0.1) is 0 Å². The van der Waals surface area contributed by atoms with Crippen LogP contribution in [0.2, 0.25) is 0 Å². The number of carbonyl (C=O) groups is 1. The molecule has 4 rings (SSSR count). The molecular formula is C19H20O4. The first-order valence-corrected chi connectivity index (χ1v) is 7.88. The van der Waals surface area contributed by atoms with Crippen molar-refractivity contribution in [3.63, 3.8) is 0 Å². The van der Waals surface area contributed by atoms with Crippen molar-refractivity contribution in [2.75, 3.05) is 0 Å². The van der Waals surface area contributed by atoms with Gasteiger partial charge in [-0.25, -0.2) is 0 Å². The number of hydrogen-bond acceptors (Lipinski definition) is 4. The molecule has 2 aliphatic heterocycles. The summed E-state index contributed by atoms with van der Waals surface area (Å²) in [6.45, 7) is 0. The molecular weight excluding hydrogens is 292 g/mol. The minimum Gasteiger partial charge on any atom is -0.504 e. The van der Waals surface area contributed by atoms with Gasteiger partial charge in [0.1, 0.15) is 11.5 Å². The molecule has 120 valence electrons. The number of ketones is 1. The fourth-order valence-corrected chi connectivity index (χ4v) is 2.73. The third kappa shape index (κ3) is 4.11. The molecule has 23 heavy (non-hydrogen) atoms. The first-order valence-electron chi connectivity index (χ1n) is 7.88. The summed E-state index contributed by atoms with van der Waals surface area (Å²) in [6, 6.07) is 12.7. The van der Waals surface area contributed by atoms with Gasteiger partial charge < -0.3 is 14.9 Å². The van der Waals surface area contributed by atoms with Crippen LogP contribution in [0.3, 0.4) is 0 Å². The fraction of sp³-hybridized carbons (Fsp3) is 0.316. The van der Waals surface area contributed by atoms with Crippen LogP contribution in [0.1, 0.15) is 30.4 Å². The van der Waals surface area contributed by atoms with Crippen LogP contribution in [-0.4, -0.2) is 22.1 Å². The smallest absolute Gasteiger partial charge is 0.169 e. The average Bonchev–Trinajstić information content (AvgIpc) is 2.55. The van der Waals surface area contributed by atoms with E-state index in [1.165, 1.54) is 0 Å². The molecule has 1 atom stereocenters. The van der Waals surface area contributed by atoms with Crippen molar-refractivity contribution in [2.45, 2.75) is 38.2 Å². The fourth-order valence-electron chi connectivity index (χ4n) is 2.73. The highest BCUT2D eigenvalue weighted by atomic mass is 16.5. The van der Waals surface area contributed by atoms with Crippen LogP contribution in [0.15, 0.2) is 42.5 Å². The number of rotatable bonds is 0. The Balaban J connectivity index is 1.91. The summed E-state index contributed by atoms with van der Waals surface area (Å²) >= 11 is 0. The van der Waals surface area contributed by atoms with Crippen molar-refractivity contribution in [1.82, 2.24) is 0 Å². The normalized spacial score (nSPS) is 18.8. The average molecular weight is 312 g/mol. The summed E-state index contributed by atoms with van der Waals surface area (Å²) in [7, 11) is 0. The van der Waals surface area contributed by atoms with E-state index in [0.29, 0.717) is 37.2 Å². The van der Waals surface area contributed by atoms with Gasteiger partial charge >= 0.3 is 0 Å². The second-order valence-electron chi connectivity index (χ2n) is 5.98. The van der Waals surface area contributed by atoms with Crippen LogP contribution >= 0.6 is 0 Å². The minimum absolute atomic E-state index is 0.0814. The van der Waals surface area contributed by atoms with Gasteiger partial charge in [-0.05, 0) is 54.7 Å². The van der Waals surface area contributed by atoms with Gasteiger partial charge in [-0.15, -0.1) is 0 Å². The Labute approximate surface area is 135 Å². The molecule has 2 aromatic rings. The second kappa shape index (κ2) is 6.84. The standard InChI is InChI=1S/C19H20O4/c20-15-6-1-13-3-8-17(9-4-13)23-19-11-14(5-10-18(19)22)2-7-16(21)12-15/h3-5,8-11,16,21-22H,1-2,6-7,12H2/t16-/m1/s1. The van der Waals surface area contributed by atoms with Crippen molar-refractivity contribution >= 4 is 5.78 Å². The van der Waals surface area contributed by atoms with E-state index in [2.05, 4.69) is 0 Å². The number of aryl methyl sites for hydroxylation is 2. The number of hydrogen-bond donors (Lipinski definition) is 2. The molecule has 0 amide bonds. The molecule has 0 spiro atoms. The van der Waals surface area contributed by atoms with Gasteiger partial charge in [0, 0.05) is 12.8 Å². The molecule has 0 radical (unpaired) electrons. The molecule has 2 N–H and O–H groups in total. The highest BCUT2D eigenvalue weighted by molar-refractivity contribution is 5.79. The summed E-state index contributed by atoms with van der Waals surface area (Å²) in [5.74, 6) is 1.20. The Morgan fingerprint density at radius 3 is 2.48 bits per heavy atom. The SMILES string of the molecule is O=C1CCc2ccc(cc2)Oc2cc(ccc2O)CC[C@@H](O)C1. The molecule has 0 saturated carbocycles. The number of Topliss-reactive ketones (excluding diaryl/α,β-unsaturated/α-hetero) is 1. The Kier molecular flexibility index (Phi) is 4.63. The molecule has 2 aromatic carbocycles.